The summed E-state index contributed by atoms with van der Waals surface area (Å²) < 4.78 is 19.2. The number of hydrogen-bond acceptors (Lipinski definition) is 3. The van der Waals surface area contributed by atoms with Gasteiger partial charge in [0.05, 0.1) is 12.7 Å². The van der Waals surface area contributed by atoms with Gasteiger partial charge in [-0.05, 0) is 30.2 Å². The molecule has 2 aromatic rings. The van der Waals surface area contributed by atoms with E-state index in [4.69, 9.17) is 4.74 Å². The summed E-state index contributed by atoms with van der Waals surface area (Å²) in [4.78, 5) is 0. The lowest BCUT2D eigenvalue weighted by Gasteiger charge is -2.14. The molecule has 114 valence electrons. The molecule has 0 fully saturated rings. The van der Waals surface area contributed by atoms with Gasteiger partial charge < -0.3 is 4.74 Å². The molecular weight excluding hydrogens is 279 g/mol. The van der Waals surface area contributed by atoms with E-state index in [-0.39, 0.29) is 5.82 Å². The quantitative estimate of drug-likeness (QED) is 0.841. The molecule has 0 heterocycles. The average molecular weight is 298 g/mol. The van der Waals surface area contributed by atoms with E-state index >= 15 is 0 Å². The Labute approximate surface area is 130 Å². The van der Waals surface area contributed by atoms with Crippen LogP contribution in [0.15, 0.2) is 48.5 Å². The standard InChI is InChI=1S/C18H19FN2O/c1-2-10-22-16-8-5-7-14(11-16)18(12-20)21-13-15-6-3-4-9-17(15)19/h3-9,11,18,21H,2,10,13H2,1H3. The third-order valence-corrected chi connectivity index (χ3v) is 3.25. The van der Waals surface area contributed by atoms with Crippen LogP contribution in [0.2, 0.25) is 0 Å². The molecule has 1 unspecified atom stereocenters. The minimum Gasteiger partial charge on any atom is -0.494 e. The largest absolute Gasteiger partial charge is 0.494 e. The summed E-state index contributed by atoms with van der Waals surface area (Å²) in [5.74, 6) is 0.471. The van der Waals surface area contributed by atoms with Crippen LogP contribution in [0.1, 0.15) is 30.5 Å². The minimum atomic E-state index is -0.509. The summed E-state index contributed by atoms with van der Waals surface area (Å²) in [6.45, 7) is 2.98. The van der Waals surface area contributed by atoms with Crippen molar-refractivity contribution in [1.29, 1.82) is 5.26 Å². The van der Waals surface area contributed by atoms with Crippen LogP contribution in [0, 0.1) is 17.1 Å². The molecule has 0 saturated heterocycles. The van der Waals surface area contributed by atoms with Crippen molar-refractivity contribution in [3.63, 3.8) is 0 Å². The molecule has 3 nitrogen and oxygen atoms in total. The van der Waals surface area contributed by atoms with Gasteiger partial charge in [-0.2, -0.15) is 5.26 Å². The van der Waals surface area contributed by atoms with E-state index in [1.54, 1.807) is 18.2 Å². The SMILES string of the molecule is CCCOc1cccc(C(C#N)NCc2ccccc2F)c1. The highest BCUT2D eigenvalue weighted by molar-refractivity contribution is 5.33. The van der Waals surface area contributed by atoms with Crippen LogP contribution in [0.4, 0.5) is 4.39 Å². The summed E-state index contributed by atoms with van der Waals surface area (Å²) in [5, 5.41) is 12.4. The zero-order valence-corrected chi connectivity index (χ0v) is 12.6. The third-order valence-electron chi connectivity index (χ3n) is 3.25. The molecular formula is C18H19FN2O. The number of nitrogens with one attached hydrogen (secondary N) is 1. The molecule has 0 aromatic heterocycles. The summed E-state index contributed by atoms with van der Waals surface area (Å²) in [7, 11) is 0. The van der Waals surface area contributed by atoms with Crippen molar-refractivity contribution in [2.45, 2.75) is 25.9 Å². The third kappa shape index (κ3) is 4.31. The molecule has 0 aliphatic heterocycles. The van der Waals surface area contributed by atoms with Crippen LogP contribution < -0.4 is 10.1 Å². The Kier molecular flexibility index (Phi) is 5.93. The smallest absolute Gasteiger partial charge is 0.127 e. The Bertz CT molecular complexity index is 652. The molecule has 0 saturated carbocycles. The van der Waals surface area contributed by atoms with E-state index < -0.39 is 6.04 Å². The normalized spacial score (nSPS) is 11.7. The van der Waals surface area contributed by atoms with Crippen LogP contribution in [-0.2, 0) is 6.54 Å². The van der Waals surface area contributed by atoms with Gasteiger partial charge in [0, 0.05) is 12.1 Å². The van der Waals surface area contributed by atoms with Gasteiger partial charge in [0.2, 0.25) is 0 Å². The highest BCUT2D eigenvalue weighted by Gasteiger charge is 2.12. The Morgan fingerprint density at radius 2 is 2.05 bits per heavy atom. The Morgan fingerprint density at radius 3 is 2.77 bits per heavy atom. The first-order valence-electron chi connectivity index (χ1n) is 7.33. The van der Waals surface area contributed by atoms with E-state index in [2.05, 4.69) is 11.4 Å². The molecule has 0 bridgehead atoms. The minimum absolute atomic E-state index is 0.272. The number of benzene rings is 2. The van der Waals surface area contributed by atoms with Crippen LogP contribution in [0.5, 0.6) is 5.75 Å². The second kappa shape index (κ2) is 8.16. The fraction of sp³-hybridized carbons (Fsp3) is 0.278. The molecule has 1 N–H and O–H groups in total. The van der Waals surface area contributed by atoms with Crippen molar-refractivity contribution in [3.8, 4) is 11.8 Å². The number of hydrogen-bond donors (Lipinski definition) is 1. The molecule has 0 amide bonds. The second-order valence-electron chi connectivity index (χ2n) is 4.96. The summed E-state index contributed by atoms with van der Waals surface area (Å²) >= 11 is 0. The topological polar surface area (TPSA) is 45.0 Å². The lowest BCUT2D eigenvalue weighted by atomic mass is 10.1. The van der Waals surface area contributed by atoms with Gasteiger partial charge in [-0.3, -0.25) is 5.32 Å². The van der Waals surface area contributed by atoms with Crippen LogP contribution in [0.25, 0.3) is 0 Å². The zero-order chi connectivity index (χ0) is 15.8. The summed E-state index contributed by atoms with van der Waals surface area (Å²) in [6, 6.07) is 15.7. The lowest BCUT2D eigenvalue weighted by molar-refractivity contribution is 0.317. The van der Waals surface area contributed by atoms with E-state index in [1.165, 1.54) is 6.07 Å². The fourth-order valence-electron chi connectivity index (χ4n) is 2.10. The van der Waals surface area contributed by atoms with Crippen molar-refractivity contribution < 1.29 is 9.13 Å². The second-order valence-corrected chi connectivity index (χ2v) is 4.96. The Morgan fingerprint density at radius 1 is 1.23 bits per heavy atom. The maximum absolute atomic E-state index is 13.6. The average Bonchev–Trinajstić information content (AvgIpc) is 2.55. The summed E-state index contributed by atoms with van der Waals surface area (Å²) in [6.07, 6.45) is 0.928. The molecule has 4 heteroatoms. The van der Waals surface area contributed by atoms with E-state index in [0.717, 1.165) is 17.7 Å². The molecule has 2 aromatic carbocycles. The highest BCUT2D eigenvalue weighted by atomic mass is 19.1. The first kappa shape index (κ1) is 16.0. The fourth-order valence-corrected chi connectivity index (χ4v) is 2.10. The lowest BCUT2D eigenvalue weighted by Crippen LogP contribution is -2.20. The Hall–Kier alpha value is -2.38. The predicted molar refractivity (Wildman–Crippen MR) is 83.8 cm³/mol. The van der Waals surface area contributed by atoms with Gasteiger partial charge in [-0.1, -0.05) is 37.3 Å². The number of nitriles is 1. The van der Waals surface area contributed by atoms with Crippen molar-refractivity contribution in [2.24, 2.45) is 0 Å². The van der Waals surface area contributed by atoms with Crippen LogP contribution in [-0.4, -0.2) is 6.61 Å². The molecule has 2 rings (SSSR count). The maximum Gasteiger partial charge on any atom is 0.127 e. The van der Waals surface area contributed by atoms with Gasteiger partial charge in [0.1, 0.15) is 17.6 Å². The first-order valence-corrected chi connectivity index (χ1v) is 7.33. The molecule has 0 spiro atoms. The molecule has 0 radical (unpaired) electrons. The van der Waals surface area contributed by atoms with E-state index in [9.17, 15) is 9.65 Å². The van der Waals surface area contributed by atoms with Crippen molar-refractivity contribution in [3.05, 3.63) is 65.5 Å². The molecule has 22 heavy (non-hydrogen) atoms. The van der Waals surface area contributed by atoms with Gasteiger partial charge in [-0.15, -0.1) is 0 Å². The van der Waals surface area contributed by atoms with Crippen molar-refractivity contribution in [2.75, 3.05) is 6.61 Å². The first-order chi connectivity index (χ1) is 10.7. The monoisotopic (exact) mass is 298 g/mol. The summed E-state index contributed by atoms with van der Waals surface area (Å²) in [5.41, 5.74) is 1.36. The van der Waals surface area contributed by atoms with Crippen molar-refractivity contribution in [1.82, 2.24) is 5.32 Å². The van der Waals surface area contributed by atoms with Gasteiger partial charge in [0.15, 0.2) is 0 Å². The Balaban J connectivity index is 2.05. The number of rotatable bonds is 7. The van der Waals surface area contributed by atoms with Gasteiger partial charge in [-0.25, -0.2) is 4.39 Å². The van der Waals surface area contributed by atoms with Crippen LogP contribution >= 0.6 is 0 Å². The molecule has 0 aliphatic rings. The van der Waals surface area contributed by atoms with Crippen molar-refractivity contribution >= 4 is 0 Å². The van der Waals surface area contributed by atoms with Gasteiger partial charge >= 0.3 is 0 Å². The molecule has 1 atom stereocenters. The number of halogens is 1. The molecule has 0 aliphatic carbocycles. The zero-order valence-electron chi connectivity index (χ0n) is 12.6. The predicted octanol–water partition coefficient (Wildman–Crippen LogP) is 3.97. The number of ether oxygens (including phenoxy) is 1. The highest BCUT2D eigenvalue weighted by Crippen LogP contribution is 2.20. The van der Waals surface area contributed by atoms with E-state index in [0.29, 0.717) is 18.7 Å². The van der Waals surface area contributed by atoms with Gasteiger partial charge in [0.25, 0.3) is 0 Å². The number of nitrogens with zero attached hydrogens (tertiary/aromatic N) is 1. The maximum atomic E-state index is 13.6. The van der Waals surface area contributed by atoms with E-state index in [1.807, 2.05) is 31.2 Å². The van der Waals surface area contributed by atoms with Crippen LogP contribution in [0.3, 0.4) is 0 Å².